The van der Waals surface area contributed by atoms with Crippen LogP contribution in [0, 0.1) is 11.8 Å². The molecular formula is C15H17N3O2S. The van der Waals surface area contributed by atoms with Gasteiger partial charge in [0.25, 0.3) is 5.91 Å². The maximum Gasteiger partial charge on any atom is 0.261 e. The molecule has 0 aliphatic carbocycles. The molecule has 0 bridgehead atoms. The van der Waals surface area contributed by atoms with E-state index in [2.05, 4.69) is 22.3 Å². The lowest BCUT2D eigenvalue weighted by Gasteiger charge is -2.03. The molecule has 2 N–H and O–H groups in total. The van der Waals surface area contributed by atoms with Crippen molar-refractivity contribution in [1.82, 2.24) is 15.1 Å². The van der Waals surface area contributed by atoms with E-state index in [9.17, 15) is 4.79 Å². The number of hydrogen-bond acceptors (Lipinski definition) is 4. The zero-order chi connectivity index (χ0) is 14.9. The van der Waals surface area contributed by atoms with E-state index < -0.39 is 0 Å². The fourth-order valence-corrected chi connectivity index (χ4v) is 2.49. The minimum atomic E-state index is -0.0735. The van der Waals surface area contributed by atoms with E-state index in [1.54, 1.807) is 12.3 Å². The molecule has 0 aliphatic rings. The Labute approximate surface area is 127 Å². The number of rotatable bonds is 6. The summed E-state index contributed by atoms with van der Waals surface area (Å²) in [4.78, 5) is 13.4. The van der Waals surface area contributed by atoms with E-state index in [0.29, 0.717) is 17.8 Å². The number of carbonyl (C=O) groups excluding carboxylic acids is 1. The molecule has 0 aliphatic heterocycles. The Morgan fingerprint density at radius 2 is 2.38 bits per heavy atom. The van der Waals surface area contributed by atoms with Crippen molar-refractivity contribution in [3.63, 3.8) is 0 Å². The number of nitrogens with zero attached hydrogens (tertiary/aromatic N) is 2. The first-order valence-electron chi connectivity index (χ1n) is 6.75. The number of nitrogens with one attached hydrogen (secondary N) is 1. The number of aromatic nitrogens is 2. The van der Waals surface area contributed by atoms with Crippen LogP contribution in [0.2, 0.25) is 0 Å². The molecule has 2 aromatic rings. The number of amides is 1. The van der Waals surface area contributed by atoms with Crippen LogP contribution in [0.3, 0.4) is 0 Å². The predicted molar refractivity (Wildman–Crippen MR) is 82.1 cm³/mol. The Hall–Kier alpha value is -2.10. The van der Waals surface area contributed by atoms with Gasteiger partial charge in [0.15, 0.2) is 0 Å². The molecule has 0 radical (unpaired) electrons. The third kappa shape index (κ3) is 5.06. The van der Waals surface area contributed by atoms with Crippen LogP contribution in [-0.4, -0.2) is 33.9 Å². The monoisotopic (exact) mass is 303 g/mol. The summed E-state index contributed by atoms with van der Waals surface area (Å²) < 4.78 is 1.84. The highest BCUT2D eigenvalue weighted by molar-refractivity contribution is 7.14. The van der Waals surface area contributed by atoms with Crippen molar-refractivity contribution in [3.8, 4) is 11.8 Å². The number of aliphatic hydroxyl groups excluding tert-OH is 1. The van der Waals surface area contributed by atoms with E-state index >= 15 is 0 Å². The fourth-order valence-electron chi connectivity index (χ4n) is 1.70. The van der Waals surface area contributed by atoms with Crippen molar-refractivity contribution in [2.45, 2.75) is 19.4 Å². The van der Waals surface area contributed by atoms with Crippen molar-refractivity contribution in [1.29, 1.82) is 0 Å². The Kier molecular flexibility index (Phi) is 6.00. The maximum absolute atomic E-state index is 11.9. The van der Waals surface area contributed by atoms with Crippen molar-refractivity contribution < 1.29 is 9.90 Å². The molecule has 1 amide bonds. The molecule has 0 saturated heterocycles. The number of hydrogen-bond donors (Lipinski definition) is 2. The first-order chi connectivity index (χ1) is 10.3. The SMILES string of the molecule is O=C(NCCCn1cccn1)c1ccc(C#CCCO)s1. The number of aryl methyl sites for hydroxylation is 1. The van der Waals surface area contributed by atoms with Crippen molar-refractivity contribution >= 4 is 17.2 Å². The van der Waals surface area contributed by atoms with Crippen molar-refractivity contribution in [2.75, 3.05) is 13.2 Å². The molecule has 0 unspecified atom stereocenters. The van der Waals surface area contributed by atoms with Gasteiger partial charge < -0.3 is 10.4 Å². The summed E-state index contributed by atoms with van der Waals surface area (Å²) in [6.07, 6.45) is 4.93. The van der Waals surface area contributed by atoms with Crippen molar-refractivity contribution in [3.05, 3.63) is 40.3 Å². The summed E-state index contributed by atoms with van der Waals surface area (Å²) >= 11 is 1.36. The third-order valence-electron chi connectivity index (χ3n) is 2.69. The quantitative estimate of drug-likeness (QED) is 0.628. The van der Waals surface area contributed by atoms with Gasteiger partial charge in [0.1, 0.15) is 0 Å². The van der Waals surface area contributed by atoms with Crippen LogP contribution in [0.5, 0.6) is 0 Å². The van der Waals surface area contributed by atoms with Gasteiger partial charge in [0, 0.05) is 31.9 Å². The fraction of sp³-hybridized carbons (Fsp3) is 0.333. The molecule has 0 saturated carbocycles. The van der Waals surface area contributed by atoms with E-state index in [0.717, 1.165) is 17.8 Å². The smallest absolute Gasteiger partial charge is 0.261 e. The summed E-state index contributed by atoms with van der Waals surface area (Å²) in [5.41, 5.74) is 0. The van der Waals surface area contributed by atoms with E-state index in [-0.39, 0.29) is 12.5 Å². The molecule has 0 atom stereocenters. The highest BCUT2D eigenvalue weighted by Crippen LogP contribution is 2.15. The molecule has 0 aromatic carbocycles. The topological polar surface area (TPSA) is 67.2 Å². The average Bonchev–Trinajstić information content (AvgIpc) is 3.15. The maximum atomic E-state index is 11.9. The molecular weight excluding hydrogens is 286 g/mol. The molecule has 0 fully saturated rings. The first-order valence-corrected chi connectivity index (χ1v) is 7.56. The minimum Gasteiger partial charge on any atom is -0.395 e. The second kappa shape index (κ2) is 8.25. The Morgan fingerprint density at radius 3 is 3.14 bits per heavy atom. The minimum absolute atomic E-state index is 0.0575. The summed E-state index contributed by atoms with van der Waals surface area (Å²) in [5.74, 6) is 5.69. The average molecular weight is 303 g/mol. The van der Waals surface area contributed by atoms with Crippen LogP contribution in [0.4, 0.5) is 0 Å². The van der Waals surface area contributed by atoms with E-state index in [4.69, 9.17) is 5.11 Å². The normalized spacial score (nSPS) is 9.95. The highest BCUT2D eigenvalue weighted by atomic mass is 32.1. The van der Waals surface area contributed by atoms with Gasteiger partial charge in [0.05, 0.1) is 16.4 Å². The molecule has 0 spiro atoms. The van der Waals surface area contributed by atoms with E-state index in [1.165, 1.54) is 11.3 Å². The van der Waals surface area contributed by atoms with Crippen LogP contribution in [0.25, 0.3) is 0 Å². The standard InChI is InChI=1S/C15H17N3O2S/c19-12-2-1-5-13-6-7-14(21-13)15(20)16-8-3-10-18-11-4-9-17-18/h4,6-7,9,11,19H,2-3,8,10,12H2,(H,16,20). The lowest BCUT2D eigenvalue weighted by atomic mass is 10.3. The largest absolute Gasteiger partial charge is 0.395 e. The van der Waals surface area contributed by atoms with Gasteiger partial charge in [-0.2, -0.15) is 5.10 Å². The van der Waals surface area contributed by atoms with E-state index in [1.807, 2.05) is 23.0 Å². The molecule has 21 heavy (non-hydrogen) atoms. The lowest BCUT2D eigenvalue weighted by Crippen LogP contribution is -2.24. The zero-order valence-corrected chi connectivity index (χ0v) is 12.4. The Balaban J connectivity index is 1.74. The van der Waals surface area contributed by atoms with Gasteiger partial charge in [-0.05, 0) is 24.6 Å². The van der Waals surface area contributed by atoms with Crippen molar-refractivity contribution in [2.24, 2.45) is 0 Å². The van der Waals surface area contributed by atoms with Gasteiger partial charge >= 0.3 is 0 Å². The molecule has 2 aromatic heterocycles. The predicted octanol–water partition coefficient (Wildman–Crippen LogP) is 1.50. The second-order valence-corrected chi connectivity index (χ2v) is 5.40. The number of carbonyl (C=O) groups is 1. The van der Waals surface area contributed by atoms with Crippen LogP contribution in [0.15, 0.2) is 30.6 Å². The third-order valence-corrected chi connectivity index (χ3v) is 3.69. The molecule has 110 valence electrons. The summed E-state index contributed by atoms with van der Waals surface area (Å²) in [6, 6.07) is 5.48. The van der Waals surface area contributed by atoms with Gasteiger partial charge in [0.2, 0.25) is 0 Å². The zero-order valence-electron chi connectivity index (χ0n) is 11.6. The molecule has 5 nitrogen and oxygen atoms in total. The Morgan fingerprint density at radius 1 is 1.48 bits per heavy atom. The summed E-state index contributed by atoms with van der Waals surface area (Å²) in [5, 5.41) is 15.6. The second-order valence-electron chi connectivity index (χ2n) is 4.32. The van der Waals surface area contributed by atoms with Gasteiger partial charge in [-0.1, -0.05) is 11.8 Å². The van der Waals surface area contributed by atoms with Gasteiger partial charge in [-0.25, -0.2) is 0 Å². The highest BCUT2D eigenvalue weighted by Gasteiger charge is 2.07. The first kappa shape index (κ1) is 15.3. The van der Waals surface area contributed by atoms with Crippen LogP contribution < -0.4 is 5.32 Å². The van der Waals surface area contributed by atoms with Gasteiger partial charge in [-0.15, -0.1) is 11.3 Å². The summed E-state index contributed by atoms with van der Waals surface area (Å²) in [7, 11) is 0. The van der Waals surface area contributed by atoms with Crippen LogP contribution in [-0.2, 0) is 6.54 Å². The summed E-state index contributed by atoms with van der Waals surface area (Å²) in [6.45, 7) is 1.46. The number of thiophene rings is 1. The van der Waals surface area contributed by atoms with Crippen LogP contribution in [0.1, 0.15) is 27.4 Å². The lowest BCUT2D eigenvalue weighted by molar-refractivity contribution is 0.0956. The Bertz CT molecular complexity index is 623. The molecule has 2 heterocycles. The molecule has 6 heteroatoms. The van der Waals surface area contributed by atoms with Crippen LogP contribution >= 0.6 is 11.3 Å². The number of aliphatic hydroxyl groups is 1. The molecule has 2 rings (SSSR count). The van der Waals surface area contributed by atoms with Gasteiger partial charge in [-0.3, -0.25) is 9.48 Å².